The Morgan fingerprint density at radius 1 is 1.36 bits per heavy atom. The topological polar surface area (TPSA) is 104 Å². The van der Waals surface area contributed by atoms with E-state index in [2.05, 4.69) is 10.3 Å². The second-order valence-corrected chi connectivity index (χ2v) is 5.26. The highest BCUT2D eigenvalue weighted by atomic mass is 16.3. The summed E-state index contributed by atoms with van der Waals surface area (Å²) in [5, 5.41) is 11.8. The van der Waals surface area contributed by atoms with Crippen LogP contribution in [0.15, 0.2) is 63.6 Å². The zero-order chi connectivity index (χ0) is 17.8. The van der Waals surface area contributed by atoms with E-state index in [4.69, 9.17) is 4.42 Å². The molecule has 2 N–H and O–H groups in total. The van der Waals surface area contributed by atoms with E-state index in [1.807, 2.05) is 6.07 Å². The number of nitrogens with one attached hydrogen (secondary N) is 2. The number of anilines is 1. The quantitative estimate of drug-likeness (QED) is 0.565. The molecule has 0 aliphatic rings. The highest BCUT2D eigenvalue weighted by Gasteiger charge is 2.11. The van der Waals surface area contributed by atoms with Crippen molar-refractivity contribution in [3.05, 3.63) is 76.4 Å². The van der Waals surface area contributed by atoms with E-state index in [-0.39, 0.29) is 11.3 Å². The number of aromatic nitrogens is 2. The number of nitriles is 1. The van der Waals surface area contributed by atoms with Gasteiger partial charge in [0.05, 0.1) is 12.0 Å². The number of rotatable bonds is 4. The van der Waals surface area contributed by atoms with Gasteiger partial charge in [-0.25, -0.2) is 4.79 Å². The fourth-order valence-electron chi connectivity index (χ4n) is 2.36. The summed E-state index contributed by atoms with van der Waals surface area (Å²) in [6.07, 6.45) is 4.42. The van der Waals surface area contributed by atoms with Gasteiger partial charge >= 0.3 is 5.69 Å². The van der Waals surface area contributed by atoms with Crippen molar-refractivity contribution in [1.29, 1.82) is 5.26 Å². The lowest BCUT2D eigenvalue weighted by Gasteiger charge is -2.08. The molecule has 0 saturated carbocycles. The number of aryl methyl sites for hydroxylation is 1. The maximum absolute atomic E-state index is 12.3. The normalized spacial score (nSPS) is 11.1. The van der Waals surface area contributed by atoms with Crippen molar-refractivity contribution in [2.45, 2.75) is 6.92 Å². The second-order valence-electron chi connectivity index (χ2n) is 5.26. The molecule has 1 aromatic carbocycles. The minimum absolute atomic E-state index is 0.0876. The molecular weight excluding hydrogens is 320 g/mol. The standard InChI is InChI=1S/C18H14N4O3/c1-12-11-20-18(24)22(12)15-5-2-4-14(9-15)21-17(23)13(10-19)8-16-6-3-7-25-16/h2-9,11H,1H3,(H,20,24)(H,21,23). The first-order chi connectivity index (χ1) is 12.1. The van der Waals surface area contributed by atoms with Crippen molar-refractivity contribution in [3.63, 3.8) is 0 Å². The van der Waals surface area contributed by atoms with Crippen molar-refractivity contribution in [2.75, 3.05) is 5.32 Å². The Hall–Kier alpha value is -3.79. The summed E-state index contributed by atoms with van der Waals surface area (Å²) in [4.78, 5) is 26.8. The number of benzene rings is 1. The van der Waals surface area contributed by atoms with Crippen LogP contribution in [0.1, 0.15) is 11.5 Å². The van der Waals surface area contributed by atoms with E-state index >= 15 is 0 Å². The van der Waals surface area contributed by atoms with Crippen LogP contribution in [0.25, 0.3) is 11.8 Å². The largest absolute Gasteiger partial charge is 0.465 e. The molecule has 0 saturated heterocycles. The van der Waals surface area contributed by atoms with Gasteiger partial charge in [-0.05, 0) is 37.3 Å². The summed E-state index contributed by atoms with van der Waals surface area (Å²) in [5.41, 5.74) is 1.46. The highest BCUT2D eigenvalue weighted by molar-refractivity contribution is 6.09. The molecule has 2 heterocycles. The van der Waals surface area contributed by atoms with Crippen molar-refractivity contribution in [3.8, 4) is 11.8 Å². The molecule has 0 aliphatic carbocycles. The molecule has 0 aliphatic heterocycles. The molecule has 0 fully saturated rings. The van der Waals surface area contributed by atoms with Crippen LogP contribution in [0.5, 0.6) is 0 Å². The van der Waals surface area contributed by atoms with Gasteiger partial charge in [0.25, 0.3) is 5.91 Å². The predicted molar refractivity (Wildman–Crippen MR) is 92.1 cm³/mol. The minimum atomic E-state index is -0.561. The number of hydrogen-bond donors (Lipinski definition) is 2. The molecule has 0 spiro atoms. The first kappa shape index (κ1) is 16.1. The zero-order valence-electron chi connectivity index (χ0n) is 13.3. The third-order valence-corrected chi connectivity index (χ3v) is 3.52. The van der Waals surface area contributed by atoms with E-state index in [1.54, 1.807) is 49.5 Å². The first-order valence-corrected chi connectivity index (χ1v) is 7.42. The Morgan fingerprint density at radius 3 is 2.84 bits per heavy atom. The summed E-state index contributed by atoms with van der Waals surface area (Å²) >= 11 is 0. The number of furan rings is 1. The van der Waals surface area contributed by atoms with Gasteiger partial charge in [-0.2, -0.15) is 5.26 Å². The number of aromatic amines is 1. The van der Waals surface area contributed by atoms with Gasteiger partial charge in [0.2, 0.25) is 0 Å². The monoisotopic (exact) mass is 334 g/mol. The van der Waals surface area contributed by atoms with Gasteiger partial charge in [-0.15, -0.1) is 0 Å². The smallest absolute Gasteiger partial charge is 0.330 e. The molecule has 3 rings (SSSR count). The van der Waals surface area contributed by atoms with Crippen LogP contribution in [-0.2, 0) is 4.79 Å². The molecule has 1 amide bonds. The number of H-pyrrole nitrogens is 1. The summed E-state index contributed by atoms with van der Waals surface area (Å²) in [6, 6.07) is 12.0. The van der Waals surface area contributed by atoms with Gasteiger partial charge in [0.1, 0.15) is 17.4 Å². The van der Waals surface area contributed by atoms with Crippen LogP contribution >= 0.6 is 0 Å². The lowest BCUT2D eigenvalue weighted by molar-refractivity contribution is -0.112. The van der Waals surface area contributed by atoms with Crippen LogP contribution in [-0.4, -0.2) is 15.5 Å². The molecule has 25 heavy (non-hydrogen) atoms. The van der Waals surface area contributed by atoms with E-state index in [1.165, 1.54) is 16.9 Å². The highest BCUT2D eigenvalue weighted by Crippen LogP contribution is 2.16. The van der Waals surface area contributed by atoms with Crippen molar-refractivity contribution in [1.82, 2.24) is 9.55 Å². The second kappa shape index (κ2) is 6.76. The van der Waals surface area contributed by atoms with Gasteiger partial charge in [0, 0.05) is 23.7 Å². The van der Waals surface area contributed by atoms with Crippen molar-refractivity contribution >= 4 is 17.7 Å². The van der Waals surface area contributed by atoms with E-state index in [9.17, 15) is 14.9 Å². The average Bonchev–Trinajstić information content (AvgIpc) is 3.22. The van der Waals surface area contributed by atoms with Gasteiger partial charge in [-0.1, -0.05) is 6.07 Å². The van der Waals surface area contributed by atoms with Crippen molar-refractivity contribution in [2.24, 2.45) is 0 Å². The number of carbonyl (C=O) groups excluding carboxylic acids is 1. The number of hydrogen-bond acceptors (Lipinski definition) is 4. The van der Waals surface area contributed by atoms with Gasteiger partial charge in [-0.3, -0.25) is 9.36 Å². The molecular formula is C18H14N4O3. The summed E-state index contributed by atoms with van der Waals surface area (Å²) in [7, 11) is 0. The maximum Gasteiger partial charge on any atom is 0.330 e. The van der Waals surface area contributed by atoms with E-state index < -0.39 is 5.91 Å². The molecule has 2 aromatic heterocycles. The molecule has 0 atom stereocenters. The van der Waals surface area contributed by atoms with Crippen LogP contribution < -0.4 is 11.0 Å². The molecule has 3 aromatic rings. The third-order valence-electron chi connectivity index (χ3n) is 3.52. The van der Waals surface area contributed by atoms with E-state index in [0.717, 1.165) is 5.69 Å². The molecule has 0 unspecified atom stereocenters. The van der Waals surface area contributed by atoms with Gasteiger partial charge < -0.3 is 14.7 Å². The van der Waals surface area contributed by atoms with Crippen LogP contribution in [0, 0.1) is 18.3 Å². The van der Waals surface area contributed by atoms with Gasteiger partial charge in [0.15, 0.2) is 0 Å². The number of carbonyl (C=O) groups is 1. The Kier molecular flexibility index (Phi) is 4.35. The molecule has 0 bridgehead atoms. The Balaban J connectivity index is 1.86. The molecule has 7 heteroatoms. The molecule has 0 radical (unpaired) electrons. The number of amides is 1. The number of nitrogens with zero attached hydrogens (tertiary/aromatic N) is 2. The van der Waals surface area contributed by atoms with Crippen LogP contribution in [0.2, 0.25) is 0 Å². The van der Waals surface area contributed by atoms with E-state index in [0.29, 0.717) is 17.1 Å². The van der Waals surface area contributed by atoms with Crippen LogP contribution in [0.3, 0.4) is 0 Å². The lowest BCUT2D eigenvalue weighted by Crippen LogP contribution is -2.17. The Labute approximate surface area is 142 Å². The predicted octanol–water partition coefficient (Wildman–Crippen LogP) is 2.61. The summed E-state index contributed by atoms with van der Waals surface area (Å²) in [6.45, 7) is 1.79. The third kappa shape index (κ3) is 3.43. The fourth-order valence-corrected chi connectivity index (χ4v) is 2.36. The number of imidazole rings is 1. The lowest BCUT2D eigenvalue weighted by atomic mass is 10.2. The zero-order valence-corrected chi connectivity index (χ0v) is 13.3. The SMILES string of the molecule is Cc1c[nH]c(=O)n1-c1cccc(NC(=O)C(C#N)=Cc2ccco2)c1. The Morgan fingerprint density at radius 2 is 2.20 bits per heavy atom. The maximum atomic E-state index is 12.3. The Bertz CT molecular complexity index is 1030. The first-order valence-electron chi connectivity index (χ1n) is 7.42. The average molecular weight is 334 g/mol. The summed E-state index contributed by atoms with van der Waals surface area (Å²) in [5.74, 6) is -0.149. The van der Waals surface area contributed by atoms with Crippen molar-refractivity contribution < 1.29 is 9.21 Å². The molecule has 7 nitrogen and oxygen atoms in total. The summed E-state index contributed by atoms with van der Waals surface area (Å²) < 4.78 is 6.60. The minimum Gasteiger partial charge on any atom is -0.465 e. The molecule has 124 valence electrons. The fraction of sp³-hybridized carbons (Fsp3) is 0.0556. The van der Waals surface area contributed by atoms with Crippen LogP contribution in [0.4, 0.5) is 5.69 Å².